The van der Waals surface area contributed by atoms with E-state index in [2.05, 4.69) is 64.7 Å². The molecule has 0 bridgehead atoms. The first kappa shape index (κ1) is 34.9. The predicted octanol–water partition coefficient (Wildman–Crippen LogP) is 16.4. The number of fused-ring (bicyclic) bond motifs is 1. The first-order chi connectivity index (χ1) is 35.9. The Balaban J connectivity index is 0.00000803. The number of rotatable bonds is 7. The molecule has 0 spiro atoms. The van der Waals surface area contributed by atoms with E-state index in [9.17, 15) is 10.6 Å². The fraction of sp³-hybridized carbons (Fsp3) is 0.226. The summed E-state index contributed by atoms with van der Waals surface area (Å²) in [5.41, 5.74) is 7.89. The van der Waals surface area contributed by atoms with Gasteiger partial charge in [0.2, 0.25) is 0 Å². The SMILES string of the molecule is [2H]c1nc(-c2[c-]c(-c3cccc4c3nc(-c3cc(C(C)(C)C)cc(C)c3O)n4-c3ccc(-c4c(-c5ccccc5)cccc4C(C)(C)C)cc3C([2H])([2H])[2H])cc(C(C)(C)C)c2)c([2H])c(-c2c([2H])c([2H])c([2H])c([2H])c2[2H])c1[2H].[Pt]. The second-order valence-electron chi connectivity index (χ2n) is 20.1. The van der Waals surface area contributed by atoms with Crippen LogP contribution in [0.15, 0.2) is 158 Å². The number of pyridine rings is 1. The summed E-state index contributed by atoms with van der Waals surface area (Å²) in [6.45, 7) is 17.9. The molecule has 2 aromatic heterocycles. The summed E-state index contributed by atoms with van der Waals surface area (Å²) >= 11 is 0. The van der Waals surface area contributed by atoms with Crippen molar-refractivity contribution >= 4 is 11.0 Å². The summed E-state index contributed by atoms with van der Waals surface area (Å²) in [6.07, 6.45) is -0.568. The first-order valence-corrected chi connectivity index (χ1v) is 22.2. The van der Waals surface area contributed by atoms with Gasteiger partial charge in [-0.05, 0) is 116 Å². The average Bonchev–Trinajstić information content (AvgIpc) is 3.93. The predicted molar refractivity (Wildman–Crippen MR) is 278 cm³/mol. The van der Waals surface area contributed by atoms with Gasteiger partial charge in [-0.1, -0.05) is 182 Å². The minimum absolute atomic E-state index is 0. The number of hydrogen-bond donors (Lipinski definition) is 1. The molecule has 0 aliphatic rings. The standard InChI is InChI=1S/C62H60N3O.Pt/c1-39-32-44(56-49(42-22-16-13-17-23-42)24-18-26-52(56)62(9,10)11)28-29-54(39)65-55-27-19-25-50(57(55)64-59(65)51-38-47(60(3,4)5)33-40(2)58(51)66)45-34-46(36-48(35-45)61(6,7)8)53-37-43(30-31-63-53)41-20-14-12-15-21-41;/h12-33,35-38,66H,1-11H3;/q-1;/i1D3,12D,14D,15D,20D,21D,30D,31D,37D;. The van der Waals surface area contributed by atoms with Crippen molar-refractivity contribution in [2.24, 2.45) is 0 Å². The molecule has 0 atom stereocenters. The van der Waals surface area contributed by atoms with E-state index in [0.717, 1.165) is 38.9 Å². The van der Waals surface area contributed by atoms with Gasteiger partial charge < -0.3 is 5.11 Å². The summed E-state index contributed by atoms with van der Waals surface area (Å²) in [4.78, 5) is 9.82. The second-order valence-corrected chi connectivity index (χ2v) is 20.1. The van der Waals surface area contributed by atoms with E-state index in [1.54, 1.807) is 12.1 Å². The zero-order valence-electron chi connectivity index (χ0n) is 50.5. The Morgan fingerprint density at radius 1 is 0.612 bits per heavy atom. The third-order valence-corrected chi connectivity index (χ3v) is 12.2. The van der Waals surface area contributed by atoms with E-state index >= 15 is 0 Å². The van der Waals surface area contributed by atoms with Crippen LogP contribution in [0.1, 0.15) is 105 Å². The number of imidazole rings is 1. The molecule has 0 radical (unpaired) electrons. The first-order valence-electron chi connectivity index (χ1n) is 27.7. The third kappa shape index (κ3) is 9.22. The Morgan fingerprint density at radius 3 is 2.00 bits per heavy atom. The van der Waals surface area contributed by atoms with Crippen molar-refractivity contribution in [2.75, 3.05) is 0 Å². The maximum absolute atomic E-state index is 12.2. The molecule has 0 unspecified atom stereocenters. The molecular formula is C62H60N3OPt-. The largest absolute Gasteiger partial charge is 0.507 e. The van der Waals surface area contributed by atoms with Crippen LogP contribution < -0.4 is 0 Å². The molecule has 340 valence electrons. The summed E-state index contributed by atoms with van der Waals surface area (Å²) in [5, 5.41) is 12.2. The van der Waals surface area contributed by atoms with Crippen molar-refractivity contribution in [2.45, 2.75) is 92.3 Å². The number of aryl methyl sites for hydroxylation is 2. The van der Waals surface area contributed by atoms with Crippen LogP contribution in [0.3, 0.4) is 0 Å². The van der Waals surface area contributed by atoms with Crippen molar-refractivity contribution in [3.8, 4) is 78.6 Å². The van der Waals surface area contributed by atoms with Crippen molar-refractivity contribution in [3.63, 3.8) is 0 Å². The fourth-order valence-electron chi connectivity index (χ4n) is 8.58. The molecule has 4 nitrogen and oxygen atoms in total. The van der Waals surface area contributed by atoms with Crippen LogP contribution in [-0.2, 0) is 37.3 Å². The minimum Gasteiger partial charge on any atom is -0.507 e. The van der Waals surface area contributed by atoms with Gasteiger partial charge in [0.15, 0.2) is 0 Å². The zero-order chi connectivity index (χ0) is 56.2. The van der Waals surface area contributed by atoms with E-state index < -0.39 is 60.7 Å². The van der Waals surface area contributed by atoms with Crippen molar-refractivity contribution in [1.82, 2.24) is 14.5 Å². The van der Waals surface area contributed by atoms with Gasteiger partial charge in [-0.3, -0.25) is 9.55 Å². The van der Waals surface area contributed by atoms with Crippen molar-refractivity contribution in [1.29, 1.82) is 0 Å². The monoisotopic (exact) mass is 1070 g/mol. The quantitative estimate of drug-likeness (QED) is 0.162. The van der Waals surface area contributed by atoms with Crippen LogP contribution in [0.25, 0.3) is 83.9 Å². The second kappa shape index (κ2) is 18.0. The third-order valence-electron chi connectivity index (χ3n) is 12.2. The molecule has 0 aliphatic carbocycles. The van der Waals surface area contributed by atoms with Gasteiger partial charge in [0, 0.05) is 37.0 Å². The van der Waals surface area contributed by atoms with Gasteiger partial charge in [-0.25, -0.2) is 4.98 Å². The van der Waals surface area contributed by atoms with Gasteiger partial charge in [0.05, 0.1) is 33.3 Å². The smallest absolute Gasteiger partial charge is 0.148 e. The molecule has 7 aromatic carbocycles. The Labute approximate surface area is 427 Å². The van der Waals surface area contributed by atoms with Gasteiger partial charge in [-0.2, -0.15) is 0 Å². The Kier molecular flexibility index (Phi) is 9.39. The number of benzene rings is 7. The Morgan fingerprint density at radius 2 is 1.30 bits per heavy atom. The molecule has 9 rings (SSSR count). The van der Waals surface area contributed by atoms with Crippen LogP contribution in [0.4, 0.5) is 0 Å². The Hall–Kier alpha value is -6.35. The zero-order valence-corrected chi connectivity index (χ0v) is 41.8. The van der Waals surface area contributed by atoms with Gasteiger partial charge >= 0.3 is 0 Å². The number of hydrogen-bond acceptors (Lipinski definition) is 3. The van der Waals surface area contributed by atoms with Crippen molar-refractivity contribution < 1.29 is 41.3 Å². The van der Waals surface area contributed by atoms with Crippen LogP contribution in [0, 0.1) is 19.8 Å². The molecule has 0 saturated heterocycles. The molecule has 2 heterocycles. The van der Waals surface area contributed by atoms with E-state index in [0.29, 0.717) is 39.0 Å². The number of phenolic OH excluding ortho intramolecular Hbond substituents is 1. The average molecular weight is 1070 g/mol. The summed E-state index contributed by atoms with van der Waals surface area (Å²) in [7, 11) is 0. The fourth-order valence-corrected chi connectivity index (χ4v) is 8.58. The van der Waals surface area contributed by atoms with E-state index in [1.807, 2.05) is 117 Å². The van der Waals surface area contributed by atoms with Crippen molar-refractivity contribution in [3.05, 3.63) is 192 Å². The topological polar surface area (TPSA) is 50.9 Å². The number of nitrogens with zero attached hydrogens (tertiary/aromatic N) is 3. The molecule has 0 fully saturated rings. The molecule has 9 aromatic rings. The van der Waals surface area contributed by atoms with Crippen LogP contribution in [0.2, 0.25) is 0 Å². The maximum atomic E-state index is 12.2. The van der Waals surface area contributed by atoms with Crippen LogP contribution >= 0.6 is 0 Å². The number of aromatic nitrogens is 3. The molecule has 0 aliphatic heterocycles. The molecule has 67 heavy (non-hydrogen) atoms. The van der Waals surface area contributed by atoms with E-state index in [1.165, 1.54) is 0 Å². The van der Waals surface area contributed by atoms with E-state index in [4.69, 9.17) is 14.6 Å². The summed E-state index contributed by atoms with van der Waals surface area (Å²) in [5.74, 6) is 0.263. The minimum atomic E-state index is -2.66. The van der Waals surface area contributed by atoms with Gasteiger partial charge in [0.1, 0.15) is 11.6 Å². The molecule has 5 heteroatoms. The number of para-hydroxylation sites is 1. The van der Waals surface area contributed by atoms with E-state index in [-0.39, 0.29) is 71.4 Å². The normalized spacial score (nSPS) is 14.6. The van der Waals surface area contributed by atoms with Gasteiger partial charge in [-0.15, -0.1) is 29.3 Å². The number of phenols is 1. The number of aromatic hydroxyl groups is 1. The van der Waals surface area contributed by atoms with Gasteiger partial charge in [0.25, 0.3) is 0 Å². The Bertz CT molecular complexity index is 3840. The summed E-state index contributed by atoms with van der Waals surface area (Å²) < 4.78 is 99.2. The molecule has 1 N–H and O–H groups in total. The molecule has 0 amide bonds. The summed E-state index contributed by atoms with van der Waals surface area (Å²) in [6, 6.07) is 34.2. The maximum Gasteiger partial charge on any atom is 0.148 e. The van der Waals surface area contributed by atoms with Crippen LogP contribution in [0.5, 0.6) is 5.75 Å². The van der Waals surface area contributed by atoms with Crippen LogP contribution in [-0.4, -0.2) is 19.6 Å². The molecule has 0 saturated carbocycles. The molecular weight excluding hydrogens is 998 g/mol.